The first-order valence-electron chi connectivity index (χ1n) is 23.3. The van der Waals surface area contributed by atoms with Crippen molar-refractivity contribution in [1.29, 1.82) is 0 Å². The highest BCUT2D eigenvalue weighted by Crippen LogP contribution is 2.56. The number of para-hydroxylation sites is 3. The number of nitrogens with zero attached hydrogens (tertiary/aromatic N) is 2. The first-order valence-corrected chi connectivity index (χ1v) is 24.1. The van der Waals surface area contributed by atoms with E-state index in [-0.39, 0.29) is 0 Å². The lowest BCUT2D eigenvalue weighted by Crippen LogP contribution is -2.28. The van der Waals surface area contributed by atoms with E-state index < -0.39 is 5.41 Å². The maximum absolute atomic E-state index is 2.48. The summed E-state index contributed by atoms with van der Waals surface area (Å²) < 4.78 is 2.48. The minimum Gasteiger partial charge on any atom is -0.309 e. The second-order valence-electron chi connectivity index (χ2n) is 17.6. The third-order valence-electron chi connectivity index (χ3n) is 13.9. The third kappa shape index (κ3) is 6.39. The van der Waals surface area contributed by atoms with Crippen LogP contribution in [0.2, 0.25) is 0 Å². The molecule has 12 aromatic rings. The number of aromatic nitrogens is 1. The summed E-state index contributed by atoms with van der Waals surface area (Å²) in [7, 11) is 0. The van der Waals surface area contributed by atoms with E-state index in [1.165, 1.54) is 82.3 Å². The molecule has 2 nitrogen and oxygen atoms in total. The Kier molecular flexibility index (Phi) is 9.62. The molecule has 3 heteroatoms. The van der Waals surface area contributed by atoms with Crippen LogP contribution >= 0.6 is 11.3 Å². The predicted octanol–water partition coefficient (Wildman–Crippen LogP) is 17.7. The van der Waals surface area contributed by atoms with Crippen molar-refractivity contribution >= 4 is 49.5 Å². The number of hydrogen-bond acceptors (Lipinski definition) is 2. The van der Waals surface area contributed by atoms with Gasteiger partial charge in [0, 0.05) is 32.6 Å². The number of hydrogen-bond donors (Lipinski definition) is 0. The van der Waals surface area contributed by atoms with Gasteiger partial charge in [-0.05, 0) is 116 Å². The molecule has 0 spiro atoms. The van der Waals surface area contributed by atoms with Gasteiger partial charge >= 0.3 is 0 Å². The molecule has 1 aliphatic rings. The van der Waals surface area contributed by atoms with E-state index in [0.29, 0.717) is 0 Å². The fourth-order valence-corrected chi connectivity index (χ4v) is 12.0. The molecule has 68 heavy (non-hydrogen) atoms. The Morgan fingerprint density at radius 3 is 1.72 bits per heavy atom. The van der Waals surface area contributed by atoms with Crippen LogP contribution in [0.25, 0.3) is 71.3 Å². The molecule has 0 bridgehead atoms. The molecule has 13 rings (SSSR count). The average molecular weight is 885 g/mol. The van der Waals surface area contributed by atoms with Crippen molar-refractivity contribution in [2.24, 2.45) is 0 Å². The van der Waals surface area contributed by atoms with E-state index >= 15 is 0 Å². The van der Waals surface area contributed by atoms with Crippen LogP contribution in [0.1, 0.15) is 22.3 Å². The monoisotopic (exact) mass is 884 g/mol. The normalized spacial score (nSPS) is 12.5. The highest BCUT2D eigenvalue weighted by molar-refractivity contribution is 7.19. The molecule has 10 aromatic carbocycles. The fraction of sp³-hybridized carbons (Fsp3) is 0.0154. The van der Waals surface area contributed by atoms with E-state index in [1.807, 2.05) is 11.3 Å². The highest BCUT2D eigenvalue weighted by atomic mass is 32.1. The van der Waals surface area contributed by atoms with Crippen molar-refractivity contribution in [3.63, 3.8) is 0 Å². The summed E-state index contributed by atoms with van der Waals surface area (Å²) in [5.41, 5.74) is 18.9. The van der Waals surface area contributed by atoms with Gasteiger partial charge in [0.25, 0.3) is 0 Å². The van der Waals surface area contributed by atoms with Crippen molar-refractivity contribution in [3.8, 4) is 49.5 Å². The van der Waals surface area contributed by atoms with E-state index in [9.17, 15) is 0 Å². The van der Waals surface area contributed by atoms with Crippen molar-refractivity contribution in [1.82, 2.24) is 4.57 Å². The average Bonchev–Trinajstić information content (AvgIpc) is 4.12. The zero-order valence-corrected chi connectivity index (χ0v) is 38.0. The van der Waals surface area contributed by atoms with Gasteiger partial charge in [-0.15, -0.1) is 11.3 Å². The minimum atomic E-state index is -0.447. The lowest BCUT2D eigenvalue weighted by Gasteiger charge is -2.33. The molecule has 0 amide bonds. The summed E-state index contributed by atoms with van der Waals surface area (Å²) in [6, 6.07) is 97.9. The van der Waals surface area contributed by atoms with Crippen LogP contribution in [0.15, 0.2) is 267 Å². The second-order valence-corrected chi connectivity index (χ2v) is 18.7. The Labute approximate surface area is 400 Å². The molecule has 0 aliphatic heterocycles. The van der Waals surface area contributed by atoms with Crippen molar-refractivity contribution in [3.05, 3.63) is 289 Å². The Balaban J connectivity index is 0.946. The summed E-state index contributed by atoms with van der Waals surface area (Å²) in [5.74, 6) is 0. The molecule has 0 saturated heterocycles. The molecule has 0 N–H and O–H groups in total. The molecule has 0 atom stereocenters. The molecular weight excluding hydrogens is 841 g/mol. The Bertz CT molecular complexity index is 3750. The molecule has 1 aliphatic carbocycles. The quantitative estimate of drug-likeness (QED) is 0.140. The highest BCUT2D eigenvalue weighted by Gasteiger charge is 2.46. The first kappa shape index (κ1) is 39.8. The number of thiophene rings is 1. The Morgan fingerprint density at radius 2 is 0.941 bits per heavy atom. The van der Waals surface area contributed by atoms with E-state index in [1.54, 1.807) is 0 Å². The Hall–Kier alpha value is -8.50. The van der Waals surface area contributed by atoms with Crippen LogP contribution in [0, 0.1) is 0 Å². The van der Waals surface area contributed by atoms with Gasteiger partial charge in [0.05, 0.1) is 22.1 Å². The van der Waals surface area contributed by atoms with Crippen LogP contribution < -0.4 is 4.90 Å². The first-order chi connectivity index (χ1) is 33.7. The van der Waals surface area contributed by atoms with E-state index in [2.05, 4.69) is 276 Å². The van der Waals surface area contributed by atoms with Crippen molar-refractivity contribution in [2.45, 2.75) is 5.41 Å². The van der Waals surface area contributed by atoms with Crippen LogP contribution in [0.3, 0.4) is 0 Å². The SMILES string of the molecule is c1ccc(-c2ccc(N(c3ccccc3)c3ccccc3-c3cccc(-c4ccc5c6ccccc6n(-c6ccc7c(c6)-c6ccccc6C7(c6ccccc6)c6ccccc6)c5c4)c3)s2)cc1. The lowest BCUT2D eigenvalue weighted by molar-refractivity contribution is 0.768. The summed E-state index contributed by atoms with van der Waals surface area (Å²) in [6.45, 7) is 0. The lowest BCUT2D eigenvalue weighted by atomic mass is 9.68. The van der Waals surface area contributed by atoms with Gasteiger partial charge in [-0.2, -0.15) is 0 Å². The Morgan fingerprint density at radius 1 is 0.353 bits per heavy atom. The molecule has 0 unspecified atom stereocenters. The van der Waals surface area contributed by atoms with Crippen LogP contribution in [0.5, 0.6) is 0 Å². The van der Waals surface area contributed by atoms with Gasteiger partial charge in [0.1, 0.15) is 5.00 Å². The molecule has 2 heterocycles. The summed E-state index contributed by atoms with van der Waals surface area (Å²) in [4.78, 5) is 3.65. The van der Waals surface area contributed by atoms with Gasteiger partial charge < -0.3 is 9.47 Å². The number of fused-ring (bicyclic) bond motifs is 6. The summed E-state index contributed by atoms with van der Waals surface area (Å²) >= 11 is 1.81. The minimum absolute atomic E-state index is 0.447. The maximum atomic E-state index is 2.48. The zero-order chi connectivity index (χ0) is 45.0. The molecular formula is C65H44N2S. The standard InChI is InChI=1S/C65H44N2S/c1-5-20-45(21-6-1)63-40-41-64(68-63)67(51-28-11-4-12-29-51)60-34-17-14-30-53(60)48-23-19-22-46(42-48)47-36-38-56-55-32-15-18-35-61(55)66(62(56)43-47)52-37-39-59-57(44-52)54-31-13-16-33-58(54)65(59,49-24-7-2-8-25-49)50-26-9-3-10-27-50/h1-44H. The zero-order valence-electron chi connectivity index (χ0n) is 37.2. The maximum Gasteiger partial charge on any atom is 0.101 e. The largest absolute Gasteiger partial charge is 0.309 e. The van der Waals surface area contributed by atoms with E-state index in [4.69, 9.17) is 0 Å². The summed E-state index contributed by atoms with van der Waals surface area (Å²) in [5, 5.41) is 3.64. The topological polar surface area (TPSA) is 8.17 Å². The molecule has 0 saturated carbocycles. The molecule has 2 aromatic heterocycles. The number of benzene rings is 10. The van der Waals surface area contributed by atoms with Gasteiger partial charge in [0.2, 0.25) is 0 Å². The fourth-order valence-electron chi connectivity index (χ4n) is 11.0. The van der Waals surface area contributed by atoms with Gasteiger partial charge in [-0.25, -0.2) is 0 Å². The molecule has 0 radical (unpaired) electrons. The predicted molar refractivity (Wildman–Crippen MR) is 287 cm³/mol. The number of rotatable bonds is 9. The van der Waals surface area contributed by atoms with Gasteiger partial charge in [-0.3, -0.25) is 0 Å². The van der Waals surface area contributed by atoms with E-state index in [0.717, 1.165) is 27.6 Å². The molecule has 320 valence electrons. The third-order valence-corrected chi connectivity index (χ3v) is 15.0. The van der Waals surface area contributed by atoms with Crippen LogP contribution in [0.4, 0.5) is 16.4 Å². The van der Waals surface area contributed by atoms with Gasteiger partial charge in [0.15, 0.2) is 0 Å². The second kappa shape index (κ2) is 16.4. The smallest absolute Gasteiger partial charge is 0.101 e. The van der Waals surface area contributed by atoms with Crippen LogP contribution in [-0.2, 0) is 5.41 Å². The number of anilines is 3. The van der Waals surface area contributed by atoms with Crippen molar-refractivity contribution < 1.29 is 0 Å². The van der Waals surface area contributed by atoms with Crippen molar-refractivity contribution in [2.75, 3.05) is 4.90 Å². The molecule has 0 fully saturated rings. The van der Waals surface area contributed by atoms with Gasteiger partial charge in [-0.1, -0.05) is 206 Å². The summed E-state index contributed by atoms with van der Waals surface area (Å²) in [6.07, 6.45) is 0. The van der Waals surface area contributed by atoms with Crippen LogP contribution in [-0.4, -0.2) is 4.57 Å².